The van der Waals surface area contributed by atoms with Gasteiger partial charge in [0.1, 0.15) is 5.60 Å². The molecule has 4 nitrogen and oxygen atoms in total. The van der Waals surface area contributed by atoms with Gasteiger partial charge < -0.3 is 15.0 Å². The number of nitrogens with one attached hydrogen (secondary N) is 1. The summed E-state index contributed by atoms with van der Waals surface area (Å²) in [6.07, 6.45) is 5.62. The first-order valence-corrected chi connectivity index (χ1v) is 8.99. The van der Waals surface area contributed by atoms with Crippen molar-refractivity contribution in [3.63, 3.8) is 0 Å². The molecule has 1 rings (SSSR count). The lowest BCUT2D eigenvalue weighted by atomic mass is 9.96. The van der Waals surface area contributed by atoms with Crippen molar-refractivity contribution in [2.75, 3.05) is 13.1 Å². The Morgan fingerprint density at radius 1 is 1.32 bits per heavy atom. The minimum Gasteiger partial charge on any atom is -0.444 e. The molecule has 3 unspecified atom stereocenters. The number of rotatable bonds is 6. The van der Waals surface area contributed by atoms with Crippen LogP contribution in [-0.2, 0) is 4.74 Å². The van der Waals surface area contributed by atoms with Gasteiger partial charge in [-0.15, -0.1) is 0 Å². The van der Waals surface area contributed by atoms with Crippen LogP contribution in [0.5, 0.6) is 0 Å². The van der Waals surface area contributed by atoms with Crippen LogP contribution in [0.25, 0.3) is 0 Å². The van der Waals surface area contributed by atoms with Crippen LogP contribution < -0.4 is 5.32 Å². The smallest absolute Gasteiger partial charge is 0.410 e. The molecule has 1 amide bonds. The molecule has 4 heteroatoms. The molecule has 0 aliphatic carbocycles. The van der Waals surface area contributed by atoms with Crippen molar-refractivity contribution in [2.24, 2.45) is 5.92 Å². The monoisotopic (exact) mass is 312 g/mol. The van der Waals surface area contributed by atoms with E-state index in [1.807, 2.05) is 25.7 Å². The molecule has 1 aliphatic heterocycles. The van der Waals surface area contributed by atoms with Gasteiger partial charge in [-0.1, -0.05) is 27.2 Å². The number of amides is 1. The quantitative estimate of drug-likeness (QED) is 0.799. The van der Waals surface area contributed by atoms with Crippen molar-refractivity contribution in [2.45, 2.75) is 91.3 Å². The minimum absolute atomic E-state index is 0.172. The van der Waals surface area contributed by atoms with Crippen LogP contribution in [0, 0.1) is 5.92 Å². The Morgan fingerprint density at radius 3 is 2.55 bits per heavy atom. The van der Waals surface area contributed by atoms with Crippen LogP contribution in [0.15, 0.2) is 0 Å². The van der Waals surface area contributed by atoms with Gasteiger partial charge in [-0.25, -0.2) is 4.79 Å². The Morgan fingerprint density at radius 2 is 2.00 bits per heavy atom. The highest BCUT2D eigenvalue weighted by Crippen LogP contribution is 2.18. The van der Waals surface area contributed by atoms with E-state index in [0.29, 0.717) is 12.1 Å². The number of carbonyl (C=O) groups is 1. The second kappa shape index (κ2) is 8.76. The molecule has 0 bridgehead atoms. The molecule has 1 aliphatic rings. The lowest BCUT2D eigenvalue weighted by Crippen LogP contribution is -2.51. The summed E-state index contributed by atoms with van der Waals surface area (Å²) in [5.74, 6) is 0.753. The second-order valence-corrected chi connectivity index (χ2v) is 7.79. The molecule has 130 valence electrons. The van der Waals surface area contributed by atoms with Gasteiger partial charge in [-0.3, -0.25) is 0 Å². The first-order valence-electron chi connectivity index (χ1n) is 8.99. The highest BCUT2D eigenvalue weighted by Gasteiger charge is 2.28. The Labute approximate surface area is 137 Å². The molecule has 1 N–H and O–H groups in total. The van der Waals surface area contributed by atoms with Crippen molar-refractivity contribution in [3.05, 3.63) is 0 Å². The van der Waals surface area contributed by atoms with E-state index in [2.05, 4.69) is 26.1 Å². The lowest BCUT2D eigenvalue weighted by Gasteiger charge is -2.36. The van der Waals surface area contributed by atoms with Crippen molar-refractivity contribution in [1.29, 1.82) is 0 Å². The summed E-state index contributed by atoms with van der Waals surface area (Å²) in [4.78, 5) is 14.1. The molecule has 0 aromatic carbocycles. The number of hydrogen-bond acceptors (Lipinski definition) is 3. The molecule has 1 heterocycles. The number of hydrogen-bond donors (Lipinski definition) is 1. The first kappa shape index (κ1) is 19.3. The summed E-state index contributed by atoms with van der Waals surface area (Å²) in [5.41, 5.74) is -0.417. The standard InChI is InChI=1S/C18H36N2O2/c1-7-14(3)12-15(8-2)19-16-10-9-11-20(13-16)17(21)22-18(4,5)6/h14-16,19H,7-13H2,1-6H3. The van der Waals surface area contributed by atoms with E-state index in [-0.39, 0.29) is 6.09 Å². The van der Waals surface area contributed by atoms with E-state index in [4.69, 9.17) is 4.74 Å². The SMILES string of the molecule is CCC(C)CC(CC)NC1CCCN(C(=O)OC(C)(C)C)C1. The molecular formula is C18H36N2O2. The third kappa shape index (κ3) is 6.99. The van der Waals surface area contributed by atoms with Crippen molar-refractivity contribution < 1.29 is 9.53 Å². The number of carbonyl (C=O) groups excluding carboxylic acids is 1. The third-order valence-corrected chi connectivity index (χ3v) is 4.42. The normalized spacial score (nSPS) is 22.3. The minimum atomic E-state index is -0.417. The maximum absolute atomic E-state index is 12.2. The first-order chi connectivity index (χ1) is 10.2. The van der Waals surface area contributed by atoms with Gasteiger partial charge in [-0.05, 0) is 52.4 Å². The molecule has 0 aromatic rings. The average molecular weight is 312 g/mol. The highest BCUT2D eigenvalue weighted by atomic mass is 16.6. The van der Waals surface area contributed by atoms with Gasteiger partial charge in [0.25, 0.3) is 0 Å². The van der Waals surface area contributed by atoms with Crippen molar-refractivity contribution >= 4 is 6.09 Å². The molecule has 0 spiro atoms. The zero-order valence-corrected chi connectivity index (χ0v) is 15.4. The van der Waals surface area contributed by atoms with E-state index in [1.165, 1.54) is 12.8 Å². The fraction of sp³-hybridized carbons (Fsp3) is 0.944. The van der Waals surface area contributed by atoms with Crippen LogP contribution in [-0.4, -0.2) is 41.8 Å². The maximum atomic E-state index is 12.2. The summed E-state index contributed by atoms with van der Waals surface area (Å²) in [5, 5.41) is 3.77. The molecular weight excluding hydrogens is 276 g/mol. The Hall–Kier alpha value is -0.770. The van der Waals surface area contributed by atoms with Gasteiger partial charge in [-0.2, -0.15) is 0 Å². The predicted octanol–water partition coefficient (Wildman–Crippen LogP) is 4.19. The van der Waals surface area contributed by atoms with E-state index >= 15 is 0 Å². The number of nitrogens with zero attached hydrogens (tertiary/aromatic N) is 1. The number of ether oxygens (including phenoxy) is 1. The number of piperidine rings is 1. The van der Waals surface area contributed by atoms with E-state index in [1.54, 1.807) is 0 Å². The largest absolute Gasteiger partial charge is 0.444 e. The van der Waals surface area contributed by atoms with E-state index in [0.717, 1.165) is 38.3 Å². The van der Waals surface area contributed by atoms with Crippen molar-refractivity contribution in [3.8, 4) is 0 Å². The molecule has 0 saturated carbocycles. The zero-order chi connectivity index (χ0) is 16.8. The summed E-state index contributed by atoms with van der Waals surface area (Å²) >= 11 is 0. The van der Waals surface area contributed by atoms with Gasteiger partial charge in [0.05, 0.1) is 0 Å². The third-order valence-electron chi connectivity index (χ3n) is 4.42. The Bertz CT molecular complexity index is 338. The van der Waals surface area contributed by atoms with Crippen LogP contribution in [0.1, 0.15) is 73.6 Å². The fourth-order valence-electron chi connectivity index (χ4n) is 2.94. The van der Waals surface area contributed by atoms with Crippen LogP contribution >= 0.6 is 0 Å². The molecule has 0 radical (unpaired) electrons. The predicted molar refractivity (Wildman–Crippen MR) is 92.1 cm³/mol. The van der Waals surface area contributed by atoms with Crippen LogP contribution in [0.3, 0.4) is 0 Å². The fourth-order valence-corrected chi connectivity index (χ4v) is 2.94. The molecule has 1 saturated heterocycles. The van der Waals surface area contributed by atoms with Crippen LogP contribution in [0.2, 0.25) is 0 Å². The van der Waals surface area contributed by atoms with Gasteiger partial charge in [0, 0.05) is 25.2 Å². The van der Waals surface area contributed by atoms with Gasteiger partial charge in [0.15, 0.2) is 0 Å². The van der Waals surface area contributed by atoms with Crippen molar-refractivity contribution in [1.82, 2.24) is 10.2 Å². The second-order valence-electron chi connectivity index (χ2n) is 7.79. The topological polar surface area (TPSA) is 41.6 Å². The maximum Gasteiger partial charge on any atom is 0.410 e. The molecule has 3 atom stereocenters. The molecule has 1 fully saturated rings. The average Bonchev–Trinajstić information content (AvgIpc) is 2.44. The molecule has 0 aromatic heterocycles. The summed E-state index contributed by atoms with van der Waals surface area (Å²) in [7, 11) is 0. The summed E-state index contributed by atoms with van der Waals surface area (Å²) in [6, 6.07) is 0.953. The number of likely N-dealkylation sites (tertiary alicyclic amines) is 1. The van der Waals surface area contributed by atoms with E-state index in [9.17, 15) is 4.79 Å². The zero-order valence-electron chi connectivity index (χ0n) is 15.4. The molecule has 22 heavy (non-hydrogen) atoms. The lowest BCUT2D eigenvalue weighted by molar-refractivity contribution is 0.0181. The van der Waals surface area contributed by atoms with Gasteiger partial charge in [0.2, 0.25) is 0 Å². The van der Waals surface area contributed by atoms with Crippen LogP contribution in [0.4, 0.5) is 4.79 Å². The summed E-state index contributed by atoms with van der Waals surface area (Å²) in [6.45, 7) is 14.2. The van der Waals surface area contributed by atoms with E-state index < -0.39 is 5.60 Å². The van der Waals surface area contributed by atoms with Gasteiger partial charge >= 0.3 is 6.09 Å². The highest BCUT2D eigenvalue weighted by molar-refractivity contribution is 5.68. The Kier molecular flexibility index (Phi) is 7.67. The summed E-state index contributed by atoms with van der Waals surface area (Å²) < 4.78 is 5.50. The Balaban J connectivity index is 2.50.